The maximum absolute atomic E-state index is 11.9. The van der Waals surface area contributed by atoms with Crippen LogP contribution in [0.2, 0.25) is 0 Å². The Morgan fingerprint density at radius 1 is 1.29 bits per heavy atom. The van der Waals surface area contributed by atoms with Gasteiger partial charge in [-0.3, -0.25) is 4.79 Å². The highest BCUT2D eigenvalue weighted by Gasteiger charge is 2.21. The van der Waals surface area contributed by atoms with Gasteiger partial charge < -0.3 is 9.84 Å². The summed E-state index contributed by atoms with van der Waals surface area (Å²) in [6, 6.07) is 5.63. The molecule has 0 heterocycles. The molecule has 1 aromatic rings. The van der Waals surface area contributed by atoms with Crippen molar-refractivity contribution in [3.8, 4) is 5.75 Å². The van der Waals surface area contributed by atoms with Crippen molar-refractivity contribution >= 4 is 5.78 Å². The van der Waals surface area contributed by atoms with Gasteiger partial charge in [-0.25, -0.2) is 0 Å². The maximum Gasteiger partial charge on any atom is 0.163 e. The predicted molar refractivity (Wildman–Crippen MR) is 83.9 cm³/mol. The standard InChI is InChI=1S/C18H26O3/c1-18(2,3)11-10-13(19)12-21-17-9-5-6-14-15(17)7-4-8-16(14)20/h5-6,9,13,19H,4,7-8,10-12H2,1-3H3/t13-/m0/s1. The van der Waals surface area contributed by atoms with Crippen LogP contribution in [0.3, 0.4) is 0 Å². The predicted octanol–water partition coefficient (Wildman–Crippen LogP) is 3.77. The smallest absolute Gasteiger partial charge is 0.163 e. The molecule has 1 aromatic carbocycles. The number of aliphatic hydroxyl groups is 1. The number of hydrogen-bond acceptors (Lipinski definition) is 3. The Morgan fingerprint density at radius 2 is 2.05 bits per heavy atom. The molecule has 0 fully saturated rings. The summed E-state index contributed by atoms with van der Waals surface area (Å²) in [5.41, 5.74) is 2.03. The molecule has 3 nitrogen and oxygen atoms in total. The fourth-order valence-corrected chi connectivity index (χ4v) is 2.65. The van der Waals surface area contributed by atoms with E-state index in [4.69, 9.17) is 4.74 Å². The molecule has 0 aromatic heterocycles. The molecule has 0 unspecified atom stereocenters. The van der Waals surface area contributed by atoms with Crippen LogP contribution in [0.1, 0.15) is 62.4 Å². The minimum atomic E-state index is -0.459. The second kappa shape index (κ2) is 6.61. The van der Waals surface area contributed by atoms with Crippen molar-refractivity contribution in [2.45, 2.75) is 59.0 Å². The first-order valence-corrected chi connectivity index (χ1v) is 7.83. The lowest BCUT2D eigenvalue weighted by atomic mass is 9.89. The number of ether oxygens (including phenoxy) is 1. The minimum absolute atomic E-state index is 0.204. The summed E-state index contributed by atoms with van der Waals surface area (Å²) in [6.45, 7) is 6.79. The van der Waals surface area contributed by atoms with E-state index in [1.54, 1.807) is 0 Å². The van der Waals surface area contributed by atoms with Crippen molar-refractivity contribution < 1.29 is 14.6 Å². The highest BCUT2D eigenvalue weighted by atomic mass is 16.5. The summed E-state index contributed by atoms with van der Waals surface area (Å²) in [6.07, 6.45) is 3.64. The first-order chi connectivity index (χ1) is 9.87. The molecule has 1 aliphatic carbocycles. The highest BCUT2D eigenvalue weighted by molar-refractivity contribution is 5.99. The van der Waals surface area contributed by atoms with Crippen LogP contribution in [-0.4, -0.2) is 23.6 Å². The number of rotatable bonds is 5. The van der Waals surface area contributed by atoms with Crippen LogP contribution in [0.25, 0.3) is 0 Å². The van der Waals surface area contributed by atoms with Crippen molar-refractivity contribution in [2.75, 3.05) is 6.61 Å². The third-order valence-corrected chi connectivity index (χ3v) is 3.92. The third-order valence-electron chi connectivity index (χ3n) is 3.92. The third kappa shape index (κ3) is 4.57. The van der Waals surface area contributed by atoms with E-state index in [2.05, 4.69) is 20.8 Å². The van der Waals surface area contributed by atoms with Crippen LogP contribution in [-0.2, 0) is 6.42 Å². The molecule has 1 N–H and O–H groups in total. The summed E-state index contributed by atoms with van der Waals surface area (Å²) in [5, 5.41) is 10.0. The molecule has 3 heteroatoms. The Labute approximate surface area is 127 Å². The largest absolute Gasteiger partial charge is 0.491 e. The van der Waals surface area contributed by atoms with E-state index in [0.717, 1.165) is 42.6 Å². The van der Waals surface area contributed by atoms with E-state index in [1.165, 1.54) is 0 Å². The molecule has 1 atom stereocenters. The van der Waals surface area contributed by atoms with Gasteiger partial charge in [0.15, 0.2) is 5.78 Å². The molecule has 0 radical (unpaired) electrons. The van der Waals surface area contributed by atoms with Crippen molar-refractivity contribution in [1.82, 2.24) is 0 Å². The van der Waals surface area contributed by atoms with Crippen LogP contribution in [0.15, 0.2) is 18.2 Å². The van der Waals surface area contributed by atoms with Gasteiger partial charge in [0.05, 0.1) is 6.10 Å². The summed E-state index contributed by atoms with van der Waals surface area (Å²) >= 11 is 0. The average molecular weight is 290 g/mol. The molecule has 0 aliphatic heterocycles. The summed E-state index contributed by atoms with van der Waals surface area (Å²) < 4.78 is 5.78. The molecular formula is C18H26O3. The average Bonchev–Trinajstić information content (AvgIpc) is 2.42. The monoisotopic (exact) mass is 290 g/mol. The Kier molecular flexibility index (Phi) is 5.04. The van der Waals surface area contributed by atoms with Gasteiger partial charge in [0, 0.05) is 17.5 Å². The number of ketones is 1. The van der Waals surface area contributed by atoms with Crippen LogP contribution >= 0.6 is 0 Å². The Balaban J connectivity index is 1.95. The molecule has 0 amide bonds. The van der Waals surface area contributed by atoms with Crippen molar-refractivity contribution in [2.24, 2.45) is 5.41 Å². The lowest BCUT2D eigenvalue weighted by Crippen LogP contribution is -2.21. The molecule has 116 valence electrons. The first-order valence-electron chi connectivity index (χ1n) is 7.83. The molecule has 1 aliphatic rings. The van der Waals surface area contributed by atoms with Crippen molar-refractivity contribution in [1.29, 1.82) is 0 Å². The number of aliphatic hydroxyl groups excluding tert-OH is 1. The van der Waals surface area contributed by atoms with Gasteiger partial charge in [-0.1, -0.05) is 32.9 Å². The SMILES string of the molecule is CC(C)(C)CC[C@H](O)COc1cccc2c1CCCC2=O. The zero-order valence-electron chi connectivity index (χ0n) is 13.3. The van der Waals surface area contributed by atoms with Gasteiger partial charge >= 0.3 is 0 Å². The fourth-order valence-electron chi connectivity index (χ4n) is 2.65. The Morgan fingerprint density at radius 3 is 2.76 bits per heavy atom. The highest BCUT2D eigenvalue weighted by Crippen LogP contribution is 2.30. The van der Waals surface area contributed by atoms with E-state index in [9.17, 15) is 9.90 Å². The van der Waals surface area contributed by atoms with Gasteiger partial charge in [0.2, 0.25) is 0 Å². The molecule has 0 saturated heterocycles. The normalized spacial score (nSPS) is 16.5. The molecule has 0 saturated carbocycles. The van der Waals surface area contributed by atoms with Gasteiger partial charge in [-0.15, -0.1) is 0 Å². The van der Waals surface area contributed by atoms with Crippen molar-refractivity contribution in [3.05, 3.63) is 29.3 Å². The fraction of sp³-hybridized carbons (Fsp3) is 0.611. The van der Waals surface area contributed by atoms with Crippen molar-refractivity contribution in [3.63, 3.8) is 0 Å². The summed E-state index contributed by atoms with van der Waals surface area (Å²) in [5.74, 6) is 0.963. The maximum atomic E-state index is 11.9. The van der Waals surface area contributed by atoms with E-state index in [1.807, 2.05) is 18.2 Å². The van der Waals surface area contributed by atoms with Gasteiger partial charge in [-0.2, -0.15) is 0 Å². The van der Waals surface area contributed by atoms with Gasteiger partial charge in [-0.05, 0) is 37.2 Å². The minimum Gasteiger partial charge on any atom is -0.491 e. The van der Waals surface area contributed by atoms with Crippen LogP contribution < -0.4 is 4.74 Å². The summed E-state index contributed by atoms with van der Waals surface area (Å²) in [4.78, 5) is 11.9. The van der Waals surface area contributed by atoms with Crippen LogP contribution in [0.5, 0.6) is 5.75 Å². The topological polar surface area (TPSA) is 46.5 Å². The number of fused-ring (bicyclic) bond motifs is 1. The first kappa shape index (κ1) is 16.0. The number of carbonyl (C=O) groups is 1. The second-order valence-electron chi connectivity index (χ2n) is 7.12. The van der Waals surface area contributed by atoms with E-state index < -0.39 is 6.10 Å². The van der Waals surface area contributed by atoms with Crippen LogP contribution in [0.4, 0.5) is 0 Å². The summed E-state index contributed by atoms with van der Waals surface area (Å²) in [7, 11) is 0. The number of hydrogen-bond donors (Lipinski definition) is 1. The zero-order chi connectivity index (χ0) is 15.5. The number of carbonyl (C=O) groups excluding carboxylic acids is 1. The number of benzene rings is 1. The lowest BCUT2D eigenvalue weighted by molar-refractivity contribution is 0.0879. The quantitative estimate of drug-likeness (QED) is 0.898. The molecule has 2 rings (SSSR count). The van der Waals surface area contributed by atoms with Gasteiger partial charge in [0.1, 0.15) is 12.4 Å². The molecule has 21 heavy (non-hydrogen) atoms. The van der Waals surface area contributed by atoms with Crippen LogP contribution in [0, 0.1) is 5.41 Å². The van der Waals surface area contributed by atoms with E-state index in [-0.39, 0.29) is 11.2 Å². The molecule has 0 spiro atoms. The second-order valence-corrected chi connectivity index (χ2v) is 7.12. The zero-order valence-corrected chi connectivity index (χ0v) is 13.3. The van der Waals surface area contributed by atoms with E-state index in [0.29, 0.717) is 13.0 Å². The molecule has 0 bridgehead atoms. The Bertz CT molecular complexity index is 500. The van der Waals surface area contributed by atoms with Gasteiger partial charge in [0.25, 0.3) is 0 Å². The Hall–Kier alpha value is -1.35. The molecular weight excluding hydrogens is 264 g/mol. The number of Topliss-reactive ketones (excluding diaryl/α,β-unsaturated/α-hetero) is 1. The lowest BCUT2D eigenvalue weighted by Gasteiger charge is -2.22. The van der Waals surface area contributed by atoms with E-state index >= 15 is 0 Å².